The largest absolute Gasteiger partial charge is 0.352 e. The number of hydrogen-bond acceptors (Lipinski definition) is 3. The molecule has 0 unspecified atom stereocenters. The Balaban J connectivity index is 2.21. The van der Waals surface area contributed by atoms with Gasteiger partial charge in [0.15, 0.2) is 0 Å². The molecule has 1 aromatic carbocycles. The summed E-state index contributed by atoms with van der Waals surface area (Å²) in [5.74, 6) is -0.532. The van der Waals surface area contributed by atoms with Gasteiger partial charge in [0, 0.05) is 24.0 Å². The summed E-state index contributed by atoms with van der Waals surface area (Å²) in [7, 11) is 0. The van der Waals surface area contributed by atoms with Gasteiger partial charge >= 0.3 is 0 Å². The van der Waals surface area contributed by atoms with Crippen LogP contribution in [0.4, 0.5) is 5.69 Å². The fraction of sp³-hybridized carbons (Fsp3) is 0.188. The van der Waals surface area contributed by atoms with E-state index in [1.807, 2.05) is 13.8 Å². The molecule has 0 radical (unpaired) electrons. The Morgan fingerprint density at radius 2 is 1.95 bits per heavy atom. The van der Waals surface area contributed by atoms with Crippen molar-refractivity contribution in [1.82, 2.24) is 10.3 Å². The van der Waals surface area contributed by atoms with Crippen LogP contribution < -0.4 is 10.6 Å². The number of amides is 2. The van der Waals surface area contributed by atoms with Crippen molar-refractivity contribution >= 4 is 29.1 Å². The van der Waals surface area contributed by atoms with Crippen molar-refractivity contribution in [2.45, 2.75) is 13.8 Å². The lowest BCUT2D eigenvalue weighted by atomic mass is 10.1. The van der Waals surface area contributed by atoms with E-state index in [0.29, 0.717) is 22.8 Å². The van der Waals surface area contributed by atoms with Gasteiger partial charge in [0.25, 0.3) is 11.8 Å². The lowest BCUT2D eigenvalue weighted by Gasteiger charge is -2.10. The molecule has 22 heavy (non-hydrogen) atoms. The van der Waals surface area contributed by atoms with Crippen LogP contribution in [0.1, 0.15) is 33.3 Å². The van der Waals surface area contributed by atoms with Crippen LogP contribution in [0.2, 0.25) is 5.02 Å². The van der Waals surface area contributed by atoms with Crippen LogP contribution in [0.5, 0.6) is 0 Å². The van der Waals surface area contributed by atoms with E-state index < -0.39 is 0 Å². The normalized spacial score (nSPS) is 10.1. The molecule has 2 aromatic rings. The van der Waals surface area contributed by atoms with E-state index in [-0.39, 0.29) is 17.5 Å². The summed E-state index contributed by atoms with van der Waals surface area (Å²) in [5.41, 5.74) is 2.18. The molecule has 0 aliphatic carbocycles. The average molecular weight is 318 g/mol. The number of carbonyl (C=O) groups excluding carboxylic acids is 2. The molecule has 2 rings (SSSR count). The molecule has 5 nitrogen and oxygen atoms in total. The van der Waals surface area contributed by atoms with Crippen molar-refractivity contribution in [1.29, 1.82) is 0 Å². The summed E-state index contributed by atoms with van der Waals surface area (Å²) in [6, 6.07) is 8.29. The number of aryl methyl sites for hydroxylation is 1. The molecule has 0 aliphatic rings. The molecule has 2 amide bonds. The van der Waals surface area contributed by atoms with Crippen LogP contribution in [0.15, 0.2) is 36.5 Å². The van der Waals surface area contributed by atoms with Crippen molar-refractivity contribution < 1.29 is 9.59 Å². The smallest absolute Gasteiger partial charge is 0.274 e. The maximum absolute atomic E-state index is 12.2. The van der Waals surface area contributed by atoms with Crippen molar-refractivity contribution in [3.8, 4) is 0 Å². The van der Waals surface area contributed by atoms with Gasteiger partial charge in [-0.15, -0.1) is 0 Å². The number of hydrogen-bond donors (Lipinski definition) is 2. The molecule has 6 heteroatoms. The summed E-state index contributed by atoms with van der Waals surface area (Å²) in [4.78, 5) is 28.0. The molecule has 0 aliphatic heterocycles. The van der Waals surface area contributed by atoms with Gasteiger partial charge in [-0.25, -0.2) is 4.98 Å². The maximum atomic E-state index is 12.2. The van der Waals surface area contributed by atoms with E-state index in [2.05, 4.69) is 15.6 Å². The number of carbonyl (C=O) groups is 2. The molecule has 0 atom stereocenters. The quantitative estimate of drug-likeness (QED) is 0.910. The molecule has 1 aromatic heterocycles. The lowest BCUT2D eigenvalue weighted by molar-refractivity contribution is 0.0954. The number of benzene rings is 1. The van der Waals surface area contributed by atoms with Gasteiger partial charge in [0.05, 0.1) is 5.02 Å². The van der Waals surface area contributed by atoms with E-state index in [9.17, 15) is 9.59 Å². The SMILES string of the molecule is CCNC(=O)c1ccc(C)c(NC(=O)c2ccc(Cl)cn2)c1. The third kappa shape index (κ3) is 3.83. The van der Waals surface area contributed by atoms with Gasteiger partial charge in [-0.1, -0.05) is 17.7 Å². The van der Waals surface area contributed by atoms with Gasteiger partial charge in [-0.3, -0.25) is 9.59 Å². The second kappa shape index (κ2) is 7.04. The van der Waals surface area contributed by atoms with Gasteiger partial charge in [0.1, 0.15) is 5.69 Å². The Labute approximate surface area is 133 Å². The van der Waals surface area contributed by atoms with Crippen molar-refractivity contribution in [2.75, 3.05) is 11.9 Å². The molecule has 0 saturated carbocycles. The minimum atomic E-state index is -0.354. The summed E-state index contributed by atoms with van der Waals surface area (Å²) in [6.45, 7) is 4.25. The van der Waals surface area contributed by atoms with Crippen molar-refractivity contribution in [3.05, 3.63) is 58.4 Å². The van der Waals surface area contributed by atoms with Crippen molar-refractivity contribution in [2.24, 2.45) is 0 Å². The van der Waals surface area contributed by atoms with E-state index in [0.717, 1.165) is 5.56 Å². The molecular weight excluding hydrogens is 302 g/mol. The minimum absolute atomic E-state index is 0.178. The number of aromatic nitrogens is 1. The zero-order valence-electron chi connectivity index (χ0n) is 12.3. The second-order valence-electron chi connectivity index (χ2n) is 4.70. The first-order valence-electron chi connectivity index (χ1n) is 6.83. The monoisotopic (exact) mass is 317 g/mol. The van der Waals surface area contributed by atoms with Crippen LogP contribution >= 0.6 is 11.6 Å². The number of rotatable bonds is 4. The van der Waals surface area contributed by atoms with Gasteiger partial charge < -0.3 is 10.6 Å². The molecule has 0 saturated heterocycles. The second-order valence-corrected chi connectivity index (χ2v) is 5.14. The summed E-state index contributed by atoms with van der Waals surface area (Å²) < 4.78 is 0. The number of nitrogens with zero attached hydrogens (tertiary/aromatic N) is 1. The predicted octanol–water partition coefficient (Wildman–Crippen LogP) is 3.05. The third-order valence-electron chi connectivity index (χ3n) is 3.05. The zero-order valence-corrected chi connectivity index (χ0v) is 13.1. The van der Waals surface area contributed by atoms with E-state index >= 15 is 0 Å². The zero-order chi connectivity index (χ0) is 16.1. The number of nitrogens with one attached hydrogen (secondary N) is 2. The number of anilines is 1. The fourth-order valence-electron chi connectivity index (χ4n) is 1.86. The standard InChI is InChI=1S/C16H16ClN3O2/c1-3-18-15(21)11-5-4-10(2)14(8-11)20-16(22)13-7-6-12(17)9-19-13/h4-9H,3H2,1-2H3,(H,18,21)(H,20,22). The summed E-state index contributed by atoms with van der Waals surface area (Å²) in [6.07, 6.45) is 1.41. The van der Waals surface area contributed by atoms with Crippen LogP contribution in [-0.4, -0.2) is 23.3 Å². The molecule has 1 heterocycles. The van der Waals surface area contributed by atoms with Gasteiger partial charge in [-0.2, -0.15) is 0 Å². The Morgan fingerprint density at radius 1 is 1.18 bits per heavy atom. The topological polar surface area (TPSA) is 71.1 Å². The highest BCUT2D eigenvalue weighted by Gasteiger charge is 2.12. The van der Waals surface area contributed by atoms with Crippen LogP contribution in [0.3, 0.4) is 0 Å². The summed E-state index contributed by atoms with van der Waals surface area (Å²) >= 11 is 5.75. The predicted molar refractivity (Wildman–Crippen MR) is 86.4 cm³/mol. The Morgan fingerprint density at radius 3 is 2.59 bits per heavy atom. The van der Waals surface area contributed by atoms with Crippen LogP contribution in [-0.2, 0) is 0 Å². The average Bonchev–Trinajstić information content (AvgIpc) is 2.50. The highest BCUT2D eigenvalue weighted by atomic mass is 35.5. The third-order valence-corrected chi connectivity index (χ3v) is 3.27. The Bertz CT molecular complexity index is 699. The minimum Gasteiger partial charge on any atom is -0.352 e. The van der Waals surface area contributed by atoms with Gasteiger partial charge in [0.2, 0.25) is 0 Å². The molecule has 0 spiro atoms. The van der Waals surface area contributed by atoms with Crippen molar-refractivity contribution in [3.63, 3.8) is 0 Å². The first-order chi connectivity index (χ1) is 10.5. The number of pyridine rings is 1. The highest BCUT2D eigenvalue weighted by Crippen LogP contribution is 2.18. The maximum Gasteiger partial charge on any atom is 0.274 e. The first kappa shape index (κ1) is 16.0. The van der Waals surface area contributed by atoms with E-state index in [1.54, 1.807) is 30.3 Å². The van der Waals surface area contributed by atoms with Gasteiger partial charge in [-0.05, 0) is 43.7 Å². The Kier molecular flexibility index (Phi) is 5.12. The van der Waals surface area contributed by atoms with Crippen LogP contribution in [0.25, 0.3) is 0 Å². The number of halogens is 1. The first-order valence-corrected chi connectivity index (χ1v) is 7.21. The Hall–Kier alpha value is -2.40. The lowest BCUT2D eigenvalue weighted by Crippen LogP contribution is -2.23. The molecule has 0 bridgehead atoms. The van der Waals surface area contributed by atoms with E-state index in [4.69, 9.17) is 11.6 Å². The van der Waals surface area contributed by atoms with Crippen LogP contribution in [0, 0.1) is 6.92 Å². The fourth-order valence-corrected chi connectivity index (χ4v) is 1.97. The van der Waals surface area contributed by atoms with E-state index in [1.165, 1.54) is 6.20 Å². The molecular formula is C16H16ClN3O2. The molecule has 2 N–H and O–H groups in total. The molecule has 114 valence electrons. The molecule has 0 fully saturated rings. The highest BCUT2D eigenvalue weighted by molar-refractivity contribution is 6.30. The summed E-state index contributed by atoms with van der Waals surface area (Å²) in [5, 5.41) is 5.94.